The Labute approximate surface area is 152 Å². The second-order valence-corrected chi connectivity index (χ2v) is 6.25. The van der Waals surface area contributed by atoms with Crippen molar-refractivity contribution in [2.75, 3.05) is 6.61 Å². The first-order valence-corrected chi connectivity index (χ1v) is 8.33. The molecule has 26 heavy (non-hydrogen) atoms. The lowest BCUT2D eigenvalue weighted by Gasteiger charge is -2.15. The van der Waals surface area contributed by atoms with Gasteiger partial charge in [0.05, 0.1) is 0 Å². The predicted octanol–water partition coefficient (Wildman–Crippen LogP) is 1.51. The maximum Gasteiger partial charge on any atom is 0.276 e. The van der Waals surface area contributed by atoms with Crippen molar-refractivity contribution in [3.05, 3.63) is 64.1 Å². The summed E-state index contributed by atoms with van der Waals surface area (Å²) in [6.07, 6.45) is 1.50. The molecule has 0 bridgehead atoms. The van der Waals surface area contributed by atoms with Gasteiger partial charge in [0.25, 0.3) is 17.4 Å². The van der Waals surface area contributed by atoms with Crippen LogP contribution >= 0.6 is 0 Å². The number of hydrogen-bond donors (Lipinski definition) is 2. The average Bonchev–Trinajstić information content (AvgIpc) is 2.60. The molecule has 1 aromatic heterocycles. The molecule has 7 heteroatoms. The summed E-state index contributed by atoms with van der Waals surface area (Å²) in [6, 6.07) is 10.4. The van der Waals surface area contributed by atoms with Crippen LogP contribution in [0.4, 0.5) is 0 Å². The Morgan fingerprint density at radius 2 is 1.85 bits per heavy atom. The molecule has 0 saturated carbocycles. The molecule has 0 saturated heterocycles. The molecule has 1 heterocycles. The summed E-state index contributed by atoms with van der Waals surface area (Å²) in [5, 5.41) is 0. The normalized spacial score (nSPS) is 10.5. The van der Waals surface area contributed by atoms with Crippen molar-refractivity contribution >= 4 is 11.8 Å². The number of pyridine rings is 1. The molecule has 2 rings (SSSR count). The van der Waals surface area contributed by atoms with Crippen LogP contribution in [-0.4, -0.2) is 23.0 Å². The zero-order valence-electron chi connectivity index (χ0n) is 15.1. The molecular weight excluding hydrogens is 334 g/mol. The van der Waals surface area contributed by atoms with E-state index in [1.54, 1.807) is 12.1 Å². The van der Waals surface area contributed by atoms with Crippen LogP contribution in [0.15, 0.2) is 47.4 Å². The van der Waals surface area contributed by atoms with E-state index in [9.17, 15) is 14.4 Å². The highest BCUT2D eigenvalue weighted by Crippen LogP contribution is 2.27. The van der Waals surface area contributed by atoms with E-state index >= 15 is 0 Å². The molecule has 2 amide bonds. The maximum atomic E-state index is 11.9. The van der Waals surface area contributed by atoms with Gasteiger partial charge in [0.15, 0.2) is 6.61 Å². The molecule has 0 aliphatic carbocycles. The van der Waals surface area contributed by atoms with Gasteiger partial charge < -0.3 is 9.30 Å². The van der Waals surface area contributed by atoms with Gasteiger partial charge in [-0.25, -0.2) is 0 Å². The van der Waals surface area contributed by atoms with E-state index in [4.69, 9.17) is 4.74 Å². The lowest BCUT2D eigenvalue weighted by atomic mass is 10.0. The van der Waals surface area contributed by atoms with E-state index in [2.05, 4.69) is 10.9 Å². The van der Waals surface area contributed by atoms with Crippen LogP contribution in [0.25, 0.3) is 0 Å². The predicted molar refractivity (Wildman–Crippen MR) is 97.8 cm³/mol. The van der Waals surface area contributed by atoms with Crippen molar-refractivity contribution in [3.63, 3.8) is 0 Å². The van der Waals surface area contributed by atoms with E-state index in [1.165, 1.54) is 16.8 Å². The first-order chi connectivity index (χ1) is 12.4. The summed E-state index contributed by atoms with van der Waals surface area (Å²) in [5.74, 6) is -0.0880. The van der Waals surface area contributed by atoms with Gasteiger partial charge in [-0.3, -0.25) is 25.2 Å². The number of aromatic nitrogens is 1. The molecule has 1 aromatic carbocycles. The average molecular weight is 357 g/mol. The number of benzene rings is 1. The fourth-order valence-electron chi connectivity index (χ4n) is 2.35. The van der Waals surface area contributed by atoms with Crippen molar-refractivity contribution in [2.24, 2.45) is 0 Å². The van der Waals surface area contributed by atoms with Crippen molar-refractivity contribution in [1.82, 2.24) is 15.4 Å². The van der Waals surface area contributed by atoms with Gasteiger partial charge in [0.1, 0.15) is 12.3 Å². The number of aryl methyl sites for hydroxylation is 1. The SMILES string of the molecule is Cc1ccc(C(C)C)c(OCC(=O)NNC(=O)Cn2ccccc2=O)c1. The topological polar surface area (TPSA) is 89.4 Å². The Balaban J connectivity index is 1.84. The van der Waals surface area contributed by atoms with Crippen LogP contribution in [0.5, 0.6) is 5.75 Å². The minimum Gasteiger partial charge on any atom is -0.483 e. The first kappa shape index (κ1) is 19.2. The maximum absolute atomic E-state index is 11.9. The Kier molecular flexibility index (Phi) is 6.54. The molecule has 0 unspecified atom stereocenters. The molecule has 0 fully saturated rings. The summed E-state index contributed by atoms with van der Waals surface area (Å²) in [7, 11) is 0. The third-order valence-electron chi connectivity index (χ3n) is 3.70. The molecular formula is C19H23N3O4. The second-order valence-electron chi connectivity index (χ2n) is 6.25. The summed E-state index contributed by atoms with van der Waals surface area (Å²) in [5.41, 5.74) is 6.29. The largest absolute Gasteiger partial charge is 0.483 e. The Morgan fingerprint density at radius 3 is 2.54 bits per heavy atom. The van der Waals surface area contributed by atoms with Gasteiger partial charge >= 0.3 is 0 Å². The van der Waals surface area contributed by atoms with Crippen molar-refractivity contribution in [2.45, 2.75) is 33.2 Å². The van der Waals surface area contributed by atoms with E-state index in [-0.39, 0.29) is 24.6 Å². The van der Waals surface area contributed by atoms with Gasteiger partial charge in [-0.15, -0.1) is 0 Å². The van der Waals surface area contributed by atoms with E-state index < -0.39 is 11.8 Å². The first-order valence-electron chi connectivity index (χ1n) is 8.33. The number of hydrazine groups is 1. The van der Waals surface area contributed by atoms with Crippen LogP contribution in [-0.2, 0) is 16.1 Å². The van der Waals surface area contributed by atoms with Gasteiger partial charge in [0.2, 0.25) is 0 Å². The molecule has 0 atom stereocenters. The molecule has 2 N–H and O–H groups in total. The fourth-order valence-corrected chi connectivity index (χ4v) is 2.35. The quantitative estimate of drug-likeness (QED) is 0.767. The molecule has 0 aliphatic heterocycles. The standard InChI is InChI=1S/C19H23N3O4/c1-13(2)15-8-7-14(3)10-16(15)26-12-18(24)21-20-17(23)11-22-9-5-4-6-19(22)25/h4-10,13H,11-12H2,1-3H3,(H,20,23)(H,21,24). The highest BCUT2D eigenvalue weighted by atomic mass is 16.5. The zero-order valence-corrected chi connectivity index (χ0v) is 15.1. The Hall–Kier alpha value is -3.09. The lowest BCUT2D eigenvalue weighted by molar-refractivity contribution is -0.130. The third-order valence-corrected chi connectivity index (χ3v) is 3.70. The van der Waals surface area contributed by atoms with Crippen LogP contribution in [0.2, 0.25) is 0 Å². The number of amides is 2. The van der Waals surface area contributed by atoms with Crippen LogP contribution in [0.1, 0.15) is 30.9 Å². The van der Waals surface area contributed by atoms with Crippen LogP contribution < -0.4 is 21.1 Å². The number of carbonyl (C=O) groups excluding carboxylic acids is 2. The number of nitrogens with zero attached hydrogens (tertiary/aromatic N) is 1. The second kappa shape index (κ2) is 8.84. The van der Waals surface area contributed by atoms with Crippen molar-refractivity contribution in [3.8, 4) is 5.75 Å². The Bertz CT molecular complexity index is 843. The number of nitrogens with one attached hydrogen (secondary N) is 2. The number of ether oxygens (including phenoxy) is 1. The molecule has 138 valence electrons. The minimum absolute atomic E-state index is 0.184. The number of hydrogen-bond acceptors (Lipinski definition) is 4. The van der Waals surface area contributed by atoms with Gasteiger partial charge in [-0.2, -0.15) is 0 Å². The van der Waals surface area contributed by atoms with E-state index in [0.717, 1.165) is 11.1 Å². The summed E-state index contributed by atoms with van der Waals surface area (Å²) in [6.45, 7) is 5.63. The summed E-state index contributed by atoms with van der Waals surface area (Å²) in [4.78, 5) is 35.2. The molecule has 2 aromatic rings. The van der Waals surface area contributed by atoms with Gasteiger partial charge in [-0.1, -0.05) is 32.0 Å². The Morgan fingerprint density at radius 1 is 1.12 bits per heavy atom. The summed E-state index contributed by atoms with van der Waals surface area (Å²) < 4.78 is 6.83. The molecule has 0 radical (unpaired) electrons. The number of rotatable bonds is 6. The van der Waals surface area contributed by atoms with Crippen molar-refractivity contribution < 1.29 is 14.3 Å². The lowest BCUT2D eigenvalue weighted by Crippen LogP contribution is -2.45. The van der Waals surface area contributed by atoms with Crippen molar-refractivity contribution in [1.29, 1.82) is 0 Å². The van der Waals surface area contributed by atoms with E-state index in [1.807, 2.05) is 39.0 Å². The zero-order chi connectivity index (χ0) is 19.1. The fraction of sp³-hybridized carbons (Fsp3) is 0.316. The highest BCUT2D eigenvalue weighted by Gasteiger charge is 2.11. The van der Waals surface area contributed by atoms with Gasteiger partial charge in [0, 0.05) is 12.3 Å². The summed E-state index contributed by atoms with van der Waals surface area (Å²) >= 11 is 0. The highest BCUT2D eigenvalue weighted by molar-refractivity contribution is 5.82. The molecule has 0 aliphatic rings. The smallest absolute Gasteiger partial charge is 0.276 e. The number of carbonyl (C=O) groups is 2. The van der Waals surface area contributed by atoms with Crippen LogP contribution in [0, 0.1) is 6.92 Å². The van der Waals surface area contributed by atoms with Gasteiger partial charge in [-0.05, 0) is 36.1 Å². The monoisotopic (exact) mass is 357 g/mol. The molecule has 0 spiro atoms. The van der Waals surface area contributed by atoms with Crippen LogP contribution in [0.3, 0.4) is 0 Å². The molecule has 7 nitrogen and oxygen atoms in total. The minimum atomic E-state index is -0.509. The third kappa shape index (κ3) is 5.47. The van der Waals surface area contributed by atoms with E-state index in [0.29, 0.717) is 5.75 Å².